The average molecular weight is 433 g/mol. The lowest BCUT2D eigenvalue weighted by molar-refractivity contribution is -0.121. The monoisotopic (exact) mass is 432 g/mol. The Labute approximate surface area is 187 Å². The van der Waals surface area contributed by atoms with E-state index in [9.17, 15) is 9.59 Å². The van der Waals surface area contributed by atoms with E-state index >= 15 is 0 Å². The molecule has 2 aromatic carbocycles. The van der Waals surface area contributed by atoms with E-state index in [0.29, 0.717) is 18.8 Å². The van der Waals surface area contributed by atoms with Gasteiger partial charge >= 0.3 is 0 Å². The molecule has 0 bridgehead atoms. The molecule has 0 saturated heterocycles. The van der Waals surface area contributed by atoms with Gasteiger partial charge < -0.3 is 10.6 Å². The van der Waals surface area contributed by atoms with Crippen LogP contribution in [0.2, 0.25) is 0 Å². The van der Waals surface area contributed by atoms with Crippen molar-refractivity contribution in [2.24, 2.45) is 0 Å². The van der Waals surface area contributed by atoms with Gasteiger partial charge in [-0.3, -0.25) is 9.59 Å². The number of aryl methyl sites for hydroxylation is 1. The SMILES string of the molecule is CC(C)c1ccc(C(NC(=O)CCCc2ccc3c(c2)CC(=O)N3)c2cccs2)cc1. The van der Waals surface area contributed by atoms with Gasteiger partial charge in [0.1, 0.15) is 0 Å². The number of carbonyl (C=O) groups is 2. The van der Waals surface area contributed by atoms with Gasteiger partial charge in [0, 0.05) is 17.0 Å². The molecule has 2 heterocycles. The maximum Gasteiger partial charge on any atom is 0.228 e. The Hall–Kier alpha value is -2.92. The molecule has 0 radical (unpaired) electrons. The van der Waals surface area contributed by atoms with Crippen molar-refractivity contribution in [1.82, 2.24) is 5.32 Å². The number of rotatable bonds is 8. The van der Waals surface area contributed by atoms with E-state index in [1.54, 1.807) is 11.3 Å². The van der Waals surface area contributed by atoms with Crippen LogP contribution < -0.4 is 10.6 Å². The fourth-order valence-corrected chi connectivity index (χ4v) is 4.77. The third kappa shape index (κ3) is 5.23. The standard InChI is InChI=1S/C26H28N2O2S/c1-17(2)19-9-11-20(12-10-19)26(23-6-4-14-31-23)28-24(29)7-3-5-18-8-13-22-21(15-18)16-25(30)27-22/h4,6,8-15,17,26H,3,5,7,16H2,1-2H3,(H,27,30)(H,28,29). The molecule has 160 valence electrons. The zero-order valence-electron chi connectivity index (χ0n) is 18.0. The largest absolute Gasteiger partial charge is 0.344 e. The molecule has 0 saturated carbocycles. The molecule has 0 aliphatic carbocycles. The molecule has 1 aliphatic heterocycles. The molecule has 1 atom stereocenters. The summed E-state index contributed by atoms with van der Waals surface area (Å²) in [5.41, 5.74) is 5.53. The Bertz CT molecular complexity index is 1060. The van der Waals surface area contributed by atoms with Crippen LogP contribution >= 0.6 is 11.3 Å². The normalized spacial score (nSPS) is 13.7. The van der Waals surface area contributed by atoms with E-state index in [1.165, 1.54) is 11.1 Å². The average Bonchev–Trinajstić information content (AvgIpc) is 3.40. The Morgan fingerprint density at radius 2 is 1.87 bits per heavy atom. The summed E-state index contributed by atoms with van der Waals surface area (Å²) in [6.45, 7) is 4.37. The second kappa shape index (κ2) is 9.48. The minimum atomic E-state index is -0.120. The molecule has 4 rings (SSSR count). The summed E-state index contributed by atoms with van der Waals surface area (Å²) in [4.78, 5) is 25.4. The van der Waals surface area contributed by atoms with Gasteiger partial charge in [-0.25, -0.2) is 0 Å². The van der Waals surface area contributed by atoms with Crippen molar-refractivity contribution in [3.8, 4) is 0 Å². The maximum absolute atomic E-state index is 12.8. The second-order valence-electron chi connectivity index (χ2n) is 8.41. The molecule has 5 heteroatoms. The van der Waals surface area contributed by atoms with Crippen LogP contribution in [0.5, 0.6) is 0 Å². The number of benzene rings is 2. The second-order valence-corrected chi connectivity index (χ2v) is 9.39. The molecular weight excluding hydrogens is 404 g/mol. The van der Waals surface area contributed by atoms with Crippen LogP contribution in [0.4, 0.5) is 5.69 Å². The number of thiophene rings is 1. The fourth-order valence-electron chi connectivity index (χ4n) is 3.97. The quantitative estimate of drug-likeness (QED) is 0.487. The van der Waals surface area contributed by atoms with Gasteiger partial charge in [0.05, 0.1) is 12.5 Å². The third-order valence-electron chi connectivity index (χ3n) is 5.73. The number of carbonyl (C=O) groups excluding carboxylic acids is 2. The fraction of sp³-hybridized carbons (Fsp3) is 0.308. The molecule has 1 unspecified atom stereocenters. The van der Waals surface area contributed by atoms with Crippen LogP contribution in [0, 0.1) is 0 Å². The summed E-state index contributed by atoms with van der Waals surface area (Å²) in [5, 5.41) is 8.14. The lowest BCUT2D eigenvalue weighted by Gasteiger charge is -2.19. The summed E-state index contributed by atoms with van der Waals surface area (Å²) in [5.74, 6) is 0.592. The van der Waals surface area contributed by atoms with Gasteiger partial charge in [-0.05, 0) is 58.5 Å². The predicted octanol–water partition coefficient (Wildman–Crippen LogP) is 5.59. The highest BCUT2D eigenvalue weighted by atomic mass is 32.1. The first-order valence-corrected chi connectivity index (χ1v) is 11.7. The highest BCUT2D eigenvalue weighted by Gasteiger charge is 2.19. The van der Waals surface area contributed by atoms with Crippen LogP contribution in [0.1, 0.15) is 65.8 Å². The first-order chi connectivity index (χ1) is 15.0. The zero-order valence-corrected chi connectivity index (χ0v) is 18.8. The maximum atomic E-state index is 12.8. The van der Waals surface area contributed by atoms with E-state index in [0.717, 1.165) is 34.5 Å². The number of anilines is 1. The number of fused-ring (bicyclic) bond motifs is 1. The summed E-state index contributed by atoms with van der Waals surface area (Å²) < 4.78 is 0. The lowest BCUT2D eigenvalue weighted by atomic mass is 9.98. The minimum absolute atomic E-state index is 0.0487. The smallest absolute Gasteiger partial charge is 0.228 e. The number of hydrogen-bond acceptors (Lipinski definition) is 3. The molecule has 3 aromatic rings. The van der Waals surface area contributed by atoms with Gasteiger partial charge in [-0.15, -0.1) is 11.3 Å². The van der Waals surface area contributed by atoms with Crippen LogP contribution in [0.3, 0.4) is 0 Å². The van der Waals surface area contributed by atoms with Crippen LogP contribution in [0.25, 0.3) is 0 Å². The van der Waals surface area contributed by atoms with Crippen LogP contribution in [-0.4, -0.2) is 11.8 Å². The molecule has 1 aliphatic rings. The first-order valence-electron chi connectivity index (χ1n) is 10.8. The van der Waals surface area contributed by atoms with Gasteiger partial charge in [-0.1, -0.05) is 56.3 Å². The van der Waals surface area contributed by atoms with Crippen molar-refractivity contribution in [3.63, 3.8) is 0 Å². The van der Waals surface area contributed by atoms with Crippen LogP contribution in [-0.2, 0) is 22.4 Å². The molecule has 0 spiro atoms. The van der Waals surface area contributed by atoms with Crippen molar-refractivity contribution >= 4 is 28.8 Å². The minimum Gasteiger partial charge on any atom is -0.344 e. The molecule has 0 fully saturated rings. The first kappa shape index (κ1) is 21.3. The topological polar surface area (TPSA) is 58.2 Å². The van der Waals surface area contributed by atoms with Crippen LogP contribution in [0.15, 0.2) is 60.0 Å². The van der Waals surface area contributed by atoms with Gasteiger partial charge in [0.2, 0.25) is 11.8 Å². The number of amides is 2. The zero-order chi connectivity index (χ0) is 21.8. The van der Waals surface area contributed by atoms with Gasteiger partial charge in [0.25, 0.3) is 0 Å². The van der Waals surface area contributed by atoms with E-state index in [1.807, 2.05) is 23.6 Å². The predicted molar refractivity (Wildman–Crippen MR) is 127 cm³/mol. The highest BCUT2D eigenvalue weighted by Crippen LogP contribution is 2.28. The molecule has 1 aromatic heterocycles. The van der Waals surface area contributed by atoms with Gasteiger partial charge in [-0.2, -0.15) is 0 Å². The molecule has 4 nitrogen and oxygen atoms in total. The molecular formula is C26H28N2O2S. The lowest BCUT2D eigenvalue weighted by Crippen LogP contribution is -2.28. The van der Waals surface area contributed by atoms with Crippen molar-refractivity contribution in [1.29, 1.82) is 0 Å². The number of hydrogen-bond donors (Lipinski definition) is 2. The van der Waals surface area contributed by atoms with E-state index in [4.69, 9.17) is 0 Å². The summed E-state index contributed by atoms with van der Waals surface area (Å²) >= 11 is 1.66. The molecule has 31 heavy (non-hydrogen) atoms. The van der Waals surface area contributed by atoms with E-state index < -0.39 is 0 Å². The van der Waals surface area contributed by atoms with Crippen molar-refractivity contribution in [3.05, 3.63) is 87.1 Å². The van der Waals surface area contributed by atoms with Crippen molar-refractivity contribution < 1.29 is 9.59 Å². The Morgan fingerprint density at radius 1 is 1.10 bits per heavy atom. The van der Waals surface area contributed by atoms with Gasteiger partial charge in [0.15, 0.2) is 0 Å². The Kier molecular flexibility index (Phi) is 6.52. The number of nitrogens with one attached hydrogen (secondary N) is 2. The molecule has 2 amide bonds. The Balaban J connectivity index is 1.37. The third-order valence-corrected chi connectivity index (χ3v) is 6.67. The molecule has 2 N–H and O–H groups in total. The summed E-state index contributed by atoms with van der Waals surface area (Å²) in [7, 11) is 0. The summed E-state index contributed by atoms with van der Waals surface area (Å²) in [6.07, 6.45) is 2.51. The highest BCUT2D eigenvalue weighted by molar-refractivity contribution is 7.10. The van der Waals surface area contributed by atoms with E-state index in [2.05, 4.69) is 60.9 Å². The van der Waals surface area contributed by atoms with Crippen molar-refractivity contribution in [2.45, 2.75) is 51.5 Å². The van der Waals surface area contributed by atoms with E-state index in [-0.39, 0.29) is 17.9 Å². The Morgan fingerprint density at radius 3 is 2.58 bits per heavy atom. The van der Waals surface area contributed by atoms with Crippen molar-refractivity contribution in [2.75, 3.05) is 5.32 Å². The summed E-state index contributed by atoms with van der Waals surface area (Å²) in [6, 6.07) is 18.6.